The zero-order valence-corrected chi connectivity index (χ0v) is 13.5. The Labute approximate surface area is 138 Å². The lowest BCUT2D eigenvalue weighted by atomic mass is 10.0. The molecular weight excluding hydrogens is 284 g/mol. The molecule has 2 aliphatic rings. The Morgan fingerprint density at radius 1 is 1.30 bits per heavy atom. The second-order valence-electron chi connectivity index (χ2n) is 6.23. The van der Waals surface area contributed by atoms with Crippen LogP contribution in [-0.2, 0) is 4.74 Å². The minimum Gasteiger partial charge on any atom is -0.404 e. The summed E-state index contributed by atoms with van der Waals surface area (Å²) in [4.78, 5) is 4.52. The van der Waals surface area contributed by atoms with E-state index in [4.69, 9.17) is 10.5 Å². The van der Waals surface area contributed by atoms with Gasteiger partial charge in [0.2, 0.25) is 0 Å². The van der Waals surface area contributed by atoms with E-state index >= 15 is 0 Å². The molecule has 23 heavy (non-hydrogen) atoms. The number of hydrogen-bond acceptors (Lipinski definition) is 3. The van der Waals surface area contributed by atoms with Crippen LogP contribution in [0.25, 0.3) is 5.57 Å². The summed E-state index contributed by atoms with van der Waals surface area (Å²) >= 11 is 0. The molecule has 1 aromatic rings. The summed E-state index contributed by atoms with van der Waals surface area (Å²) in [6.07, 6.45) is 9.72. The zero-order valence-electron chi connectivity index (χ0n) is 13.5. The normalized spacial score (nSPS) is 21.9. The highest BCUT2D eigenvalue weighted by Gasteiger charge is 2.17. The van der Waals surface area contributed by atoms with E-state index < -0.39 is 0 Å². The number of nitrogens with zero attached hydrogens (tertiary/aromatic N) is 1. The van der Waals surface area contributed by atoms with Crippen LogP contribution in [-0.4, -0.2) is 25.5 Å². The highest BCUT2D eigenvalue weighted by Crippen LogP contribution is 2.27. The summed E-state index contributed by atoms with van der Waals surface area (Å²) < 4.78 is 5.70. The van der Waals surface area contributed by atoms with Gasteiger partial charge in [0, 0.05) is 36.1 Å². The summed E-state index contributed by atoms with van der Waals surface area (Å²) in [7, 11) is 0. The summed E-state index contributed by atoms with van der Waals surface area (Å²) in [5.41, 5.74) is 8.81. The second kappa shape index (κ2) is 7.99. The van der Waals surface area contributed by atoms with Crippen molar-refractivity contribution >= 4 is 11.8 Å². The number of allylic oxidation sites excluding steroid dienone is 1. The third-order valence-corrected chi connectivity index (χ3v) is 4.19. The molecular formula is C20H24N2O. The first-order chi connectivity index (χ1) is 11.3. The van der Waals surface area contributed by atoms with Crippen molar-refractivity contribution in [2.45, 2.75) is 38.2 Å². The fourth-order valence-corrected chi connectivity index (χ4v) is 2.62. The van der Waals surface area contributed by atoms with Gasteiger partial charge in [0.25, 0.3) is 0 Å². The van der Waals surface area contributed by atoms with Gasteiger partial charge in [-0.15, -0.1) is 0 Å². The van der Waals surface area contributed by atoms with Crippen molar-refractivity contribution in [3.63, 3.8) is 0 Å². The molecule has 2 N–H and O–H groups in total. The number of benzene rings is 1. The molecule has 3 heteroatoms. The molecule has 1 aliphatic carbocycles. The maximum atomic E-state index is 5.79. The maximum absolute atomic E-state index is 5.79. The molecule has 1 heterocycles. The molecule has 0 amide bonds. The van der Waals surface area contributed by atoms with Crippen LogP contribution in [0.1, 0.15) is 43.2 Å². The lowest BCUT2D eigenvalue weighted by molar-refractivity contribution is 0.0226. The largest absolute Gasteiger partial charge is 0.404 e. The molecule has 1 saturated heterocycles. The molecule has 2 fully saturated rings. The first-order valence-electron chi connectivity index (χ1n) is 8.50. The van der Waals surface area contributed by atoms with E-state index in [2.05, 4.69) is 22.9 Å². The van der Waals surface area contributed by atoms with Gasteiger partial charge < -0.3 is 10.5 Å². The van der Waals surface area contributed by atoms with Crippen LogP contribution in [0.5, 0.6) is 0 Å². The van der Waals surface area contributed by atoms with Crippen LogP contribution in [0, 0.1) is 17.8 Å². The molecule has 0 bridgehead atoms. The van der Waals surface area contributed by atoms with Gasteiger partial charge in [-0.2, -0.15) is 0 Å². The molecule has 0 aromatic heterocycles. The maximum Gasteiger partial charge on any atom is 0.0770 e. The predicted octanol–water partition coefficient (Wildman–Crippen LogP) is 3.39. The minimum atomic E-state index is 0.259. The van der Waals surface area contributed by atoms with Crippen molar-refractivity contribution in [3.8, 4) is 11.8 Å². The molecule has 1 saturated carbocycles. The van der Waals surface area contributed by atoms with Crippen LogP contribution >= 0.6 is 0 Å². The van der Waals surface area contributed by atoms with Crippen molar-refractivity contribution in [2.75, 3.05) is 13.2 Å². The first kappa shape index (κ1) is 15.8. The quantitative estimate of drug-likeness (QED) is 0.684. The van der Waals surface area contributed by atoms with Gasteiger partial charge in [-0.05, 0) is 49.8 Å². The number of rotatable bonds is 4. The predicted molar refractivity (Wildman–Crippen MR) is 95.2 cm³/mol. The van der Waals surface area contributed by atoms with E-state index in [0.29, 0.717) is 12.5 Å². The van der Waals surface area contributed by atoms with Crippen molar-refractivity contribution < 1.29 is 4.74 Å². The van der Waals surface area contributed by atoms with Gasteiger partial charge in [-0.25, -0.2) is 0 Å². The number of nitrogens with two attached hydrogens (primary N) is 1. The van der Waals surface area contributed by atoms with Gasteiger partial charge in [-0.1, -0.05) is 24.0 Å². The molecule has 1 aromatic carbocycles. The SMILES string of the molecule is N/C=C(\C=NCC1CCCCO1)c1cccc(C#CC2CC2)c1. The van der Waals surface area contributed by atoms with E-state index in [0.717, 1.165) is 29.7 Å². The lowest BCUT2D eigenvalue weighted by Gasteiger charge is -2.20. The highest BCUT2D eigenvalue weighted by atomic mass is 16.5. The van der Waals surface area contributed by atoms with Crippen molar-refractivity contribution in [1.29, 1.82) is 0 Å². The van der Waals surface area contributed by atoms with Crippen LogP contribution < -0.4 is 5.73 Å². The standard InChI is InChI=1S/C20H24N2O/c21-13-19(14-22-15-20-6-1-2-11-23-20)18-5-3-4-17(12-18)10-9-16-7-8-16/h3-5,12-14,16,20H,1-2,6-8,11,15,21H2/b19-13+,22-14?. The number of hydrogen-bond donors (Lipinski definition) is 1. The van der Waals surface area contributed by atoms with Crippen LogP contribution in [0.15, 0.2) is 35.5 Å². The molecule has 120 valence electrons. The van der Waals surface area contributed by atoms with Crippen LogP contribution in [0.4, 0.5) is 0 Å². The van der Waals surface area contributed by atoms with Crippen molar-refractivity contribution in [2.24, 2.45) is 16.6 Å². The van der Waals surface area contributed by atoms with E-state index in [1.165, 1.54) is 25.7 Å². The smallest absolute Gasteiger partial charge is 0.0770 e. The van der Waals surface area contributed by atoms with Gasteiger partial charge >= 0.3 is 0 Å². The topological polar surface area (TPSA) is 47.6 Å². The second-order valence-corrected chi connectivity index (χ2v) is 6.23. The number of ether oxygens (including phenoxy) is 1. The Morgan fingerprint density at radius 3 is 2.96 bits per heavy atom. The summed E-state index contributed by atoms with van der Waals surface area (Å²) in [6, 6.07) is 8.19. The van der Waals surface area contributed by atoms with Crippen LogP contribution in [0.3, 0.4) is 0 Å². The van der Waals surface area contributed by atoms with E-state index in [-0.39, 0.29) is 6.10 Å². The summed E-state index contributed by atoms with van der Waals surface area (Å²) in [5, 5.41) is 0. The van der Waals surface area contributed by atoms with Gasteiger partial charge in [0.1, 0.15) is 0 Å². The Balaban J connectivity index is 1.63. The highest BCUT2D eigenvalue weighted by molar-refractivity contribution is 6.09. The fraction of sp³-hybridized carbons (Fsp3) is 0.450. The minimum absolute atomic E-state index is 0.259. The third-order valence-electron chi connectivity index (χ3n) is 4.19. The van der Waals surface area contributed by atoms with Crippen molar-refractivity contribution in [3.05, 3.63) is 41.6 Å². The van der Waals surface area contributed by atoms with E-state index in [9.17, 15) is 0 Å². The van der Waals surface area contributed by atoms with Gasteiger partial charge in [0.15, 0.2) is 0 Å². The molecule has 0 spiro atoms. The Kier molecular flexibility index (Phi) is 5.50. The Morgan fingerprint density at radius 2 is 2.22 bits per heavy atom. The summed E-state index contributed by atoms with van der Waals surface area (Å²) in [6.45, 7) is 1.57. The third kappa shape index (κ3) is 4.97. The van der Waals surface area contributed by atoms with Crippen molar-refractivity contribution in [1.82, 2.24) is 0 Å². The first-order valence-corrected chi connectivity index (χ1v) is 8.50. The molecule has 0 radical (unpaired) electrons. The van der Waals surface area contributed by atoms with E-state index in [1.807, 2.05) is 24.4 Å². The Bertz CT molecular complexity index is 641. The zero-order chi connectivity index (χ0) is 15.9. The lowest BCUT2D eigenvalue weighted by Crippen LogP contribution is -2.21. The molecule has 1 unspecified atom stereocenters. The van der Waals surface area contributed by atoms with Gasteiger partial charge in [-0.3, -0.25) is 4.99 Å². The average molecular weight is 308 g/mol. The monoisotopic (exact) mass is 308 g/mol. The molecule has 3 nitrogen and oxygen atoms in total. The molecule has 1 aliphatic heterocycles. The van der Waals surface area contributed by atoms with E-state index in [1.54, 1.807) is 6.20 Å². The Hall–Kier alpha value is -2.05. The molecule has 3 rings (SSSR count). The average Bonchev–Trinajstić information content (AvgIpc) is 3.43. The van der Waals surface area contributed by atoms with Gasteiger partial charge in [0.05, 0.1) is 12.6 Å². The fourth-order valence-electron chi connectivity index (χ4n) is 2.62. The summed E-state index contributed by atoms with van der Waals surface area (Å²) in [5.74, 6) is 7.15. The van der Waals surface area contributed by atoms with Crippen LogP contribution in [0.2, 0.25) is 0 Å². The molecule has 1 atom stereocenters. The number of aliphatic imine (C=N–C) groups is 1.